The predicted molar refractivity (Wildman–Crippen MR) is 87.6 cm³/mol. The molecule has 1 N–H and O–H groups in total. The van der Waals surface area contributed by atoms with Crippen molar-refractivity contribution in [3.63, 3.8) is 0 Å². The first kappa shape index (κ1) is 15.1. The van der Waals surface area contributed by atoms with E-state index in [-0.39, 0.29) is 0 Å². The van der Waals surface area contributed by atoms with Crippen LogP contribution in [0.15, 0.2) is 36.4 Å². The lowest BCUT2D eigenvalue weighted by Gasteiger charge is -2.20. The van der Waals surface area contributed by atoms with Crippen molar-refractivity contribution in [2.45, 2.75) is 33.2 Å². The van der Waals surface area contributed by atoms with Crippen LogP contribution in [0.2, 0.25) is 5.02 Å². The second-order valence-electron chi connectivity index (χ2n) is 5.49. The van der Waals surface area contributed by atoms with Crippen LogP contribution in [0.25, 0.3) is 0 Å². The van der Waals surface area contributed by atoms with Gasteiger partial charge in [0.25, 0.3) is 0 Å². The summed E-state index contributed by atoms with van der Waals surface area (Å²) in [6, 6.07) is 13.3. The quantitative estimate of drug-likeness (QED) is 0.854. The van der Waals surface area contributed by atoms with Gasteiger partial charge in [-0.1, -0.05) is 47.5 Å². The van der Waals surface area contributed by atoms with E-state index in [0.29, 0.717) is 6.04 Å². The Kier molecular flexibility index (Phi) is 4.85. The Hall–Kier alpha value is -1.31. The highest BCUT2D eigenvalue weighted by atomic mass is 35.5. The molecule has 2 aromatic rings. The molecule has 2 heteroatoms. The van der Waals surface area contributed by atoms with E-state index in [9.17, 15) is 0 Å². The smallest absolute Gasteiger partial charge is 0.0438 e. The van der Waals surface area contributed by atoms with Gasteiger partial charge < -0.3 is 5.32 Å². The average Bonchev–Trinajstić information content (AvgIpc) is 2.40. The Morgan fingerprint density at radius 3 is 2.45 bits per heavy atom. The Balaban J connectivity index is 2.31. The Bertz CT molecular complexity index is 604. The minimum atomic E-state index is 0.313. The Morgan fingerprint density at radius 1 is 1.05 bits per heavy atom. The van der Waals surface area contributed by atoms with Gasteiger partial charge in [-0.05, 0) is 62.6 Å². The van der Waals surface area contributed by atoms with Gasteiger partial charge in [-0.3, -0.25) is 0 Å². The summed E-state index contributed by atoms with van der Waals surface area (Å²) in [7, 11) is 2.02. The largest absolute Gasteiger partial charge is 0.313 e. The molecule has 1 nitrogen and oxygen atoms in total. The van der Waals surface area contributed by atoms with E-state index in [2.05, 4.69) is 62.5 Å². The molecule has 0 radical (unpaired) electrons. The van der Waals surface area contributed by atoms with Gasteiger partial charge in [0.1, 0.15) is 0 Å². The number of hydrogen-bond acceptors (Lipinski definition) is 1. The van der Waals surface area contributed by atoms with Crippen molar-refractivity contribution in [1.29, 1.82) is 0 Å². The molecule has 20 heavy (non-hydrogen) atoms. The highest BCUT2D eigenvalue weighted by molar-refractivity contribution is 6.31. The van der Waals surface area contributed by atoms with Crippen LogP contribution in [-0.4, -0.2) is 7.05 Å². The molecule has 1 unspecified atom stereocenters. The van der Waals surface area contributed by atoms with E-state index in [1.165, 1.54) is 22.3 Å². The third-order valence-electron chi connectivity index (χ3n) is 3.79. The first-order valence-corrected chi connectivity index (χ1v) is 7.38. The van der Waals surface area contributed by atoms with Gasteiger partial charge in [0.2, 0.25) is 0 Å². The van der Waals surface area contributed by atoms with Crippen molar-refractivity contribution in [3.8, 4) is 0 Å². The van der Waals surface area contributed by atoms with Gasteiger partial charge in [-0.15, -0.1) is 0 Å². The van der Waals surface area contributed by atoms with Gasteiger partial charge in [0.15, 0.2) is 0 Å². The van der Waals surface area contributed by atoms with E-state index < -0.39 is 0 Å². The maximum Gasteiger partial charge on any atom is 0.0438 e. The fourth-order valence-corrected chi connectivity index (χ4v) is 2.84. The van der Waals surface area contributed by atoms with Crippen LogP contribution in [0.4, 0.5) is 0 Å². The van der Waals surface area contributed by atoms with Crippen LogP contribution in [0, 0.1) is 20.8 Å². The molecule has 0 aliphatic heterocycles. The summed E-state index contributed by atoms with van der Waals surface area (Å²) in [6.45, 7) is 6.32. The van der Waals surface area contributed by atoms with Crippen molar-refractivity contribution >= 4 is 11.6 Å². The fourth-order valence-electron chi connectivity index (χ4n) is 2.62. The monoisotopic (exact) mass is 287 g/mol. The Morgan fingerprint density at radius 2 is 1.80 bits per heavy atom. The SMILES string of the molecule is CNC(Cc1cccc(C)c1)c1cc(C)c(Cl)cc1C. The highest BCUT2D eigenvalue weighted by Gasteiger charge is 2.14. The minimum absolute atomic E-state index is 0.313. The number of aryl methyl sites for hydroxylation is 3. The van der Waals surface area contributed by atoms with E-state index in [1.54, 1.807) is 0 Å². The second-order valence-corrected chi connectivity index (χ2v) is 5.90. The third kappa shape index (κ3) is 3.41. The first-order valence-electron chi connectivity index (χ1n) is 7.00. The second kappa shape index (κ2) is 6.43. The zero-order chi connectivity index (χ0) is 14.7. The van der Waals surface area contributed by atoms with Crippen LogP contribution >= 0.6 is 11.6 Å². The molecule has 0 heterocycles. The van der Waals surface area contributed by atoms with Crippen LogP contribution < -0.4 is 5.32 Å². The molecule has 1 atom stereocenters. The van der Waals surface area contributed by atoms with Crippen molar-refractivity contribution in [1.82, 2.24) is 5.32 Å². The van der Waals surface area contributed by atoms with Crippen LogP contribution in [-0.2, 0) is 6.42 Å². The van der Waals surface area contributed by atoms with Crippen LogP contribution in [0.1, 0.15) is 33.9 Å². The van der Waals surface area contributed by atoms with Gasteiger partial charge in [0.05, 0.1) is 0 Å². The Labute approximate surface area is 127 Å². The van der Waals surface area contributed by atoms with Gasteiger partial charge in [-0.25, -0.2) is 0 Å². The van der Waals surface area contributed by atoms with Gasteiger partial charge in [0, 0.05) is 11.1 Å². The molecule has 0 spiro atoms. The minimum Gasteiger partial charge on any atom is -0.313 e. The maximum atomic E-state index is 6.19. The van der Waals surface area contributed by atoms with Gasteiger partial charge in [-0.2, -0.15) is 0 Å². The van der Waals surface area contributed by atoms with E-state index >= 15 is 0 Å². The molecule has 0 bridgehead atoms. The topological polar surface area (TPSA) is 12.0 Å². The van der Waals surface area contributed by atoms with Crippen molar-refractivity contribution in [3.05, 3.63) is 69.2 Å². The van der Waals surface area contributed by atoms with E-state index in [0.717, 1.165) is 17.0 Å². The third-order valence-corrected chi connectivity index (χ3v) is 4.20. The molecule has 0 amide bonds. The molecule has 0 aromatic heterocycles. The molecular formula is C18H22ClN. The summed E-state index contributed by atoms with van der Waals surface area (Å²) >= 11 is 6.19. The first-order chi connectivity index (χ1) is 9.51. The van der Waals surface area contributed by atoms with Crippen molar-refractivity contribution in [2.75, 3.05) is 7.05 Å². The summed E-state index contributed by atoms with van der Waals surface area (Å²) in [5, 5.41) is 4.27. The van der Waals surface area contributed by atoms with Gasteiger partial charge >= 0.3 is 0 Å². The van der Waals surface area contributed by atoms with E-state index in [4.69, 9.17) is 11.6 Å². The summed E-state index contributed by atoms with van der Waals surface area (Å²) in [5.74, 6) is 0. The lowest BCUT2D eigenvalue weighted by Crippen LogP contribution is -2.20. The van der Waals surface area contributed by atoms with Crippen molar-refractivity contribution in [2.24, 2.45) is 0 Å². The molecular weight excluding hydrogens is 266 g/mol. The average molecular weight is 288 g/mol. The predicted octanol–water partition coefficient (Wildman–Crippen LogP) is 4.77. The van der Waals surface area contributed by atoms with Crippen LogP contribution in [0.3, 0.4) is 0 Å². The van der Waals surface area contributed by atoms with E-state index in [1.807, 2.05) is 7.05 Å². The summed E-state index contributed by atoms with van der Waals surface area (Å²) in [6.07, 6.45) is 0.986. The molecule has 0 saturated carbocycles. The number of likely N-dealkylation sites (N-methyl/N-ethyl adjacent to an activating group) is 1. The normalized spacial score (nSPS) is 12.4. The number of nitrogens with one attached hydrogen (secondary N) is 1. The lowest BCUT2D eigenvalue weighted by atomic mass is 9.93. The van der Waals surface area contributed by atoms with Crippen LogP contribution in [0.5, 0.6) is 0 Å². The summed E-state index contributed by atoms with van der Waals surface area (Å²) in [5.41, 5.74) is 6.37. The lowest BCUT2D eigenvalue weighted by molar-refractivity contribution is 0.588. The molecule has 0 fully saturated rings. The van der Waals surface area contributed by atoms with Crippen molar-refractivity contribution < 1.29 is 0 Å². The zero-order valence-corrected chi connectivity index (χ0v) is 13.4. The zero-order valence-electron chi connectivity index (χ0n) is 12.6. The molecule has 0 saturated heterocycles. The fraction of sp³-hybridized carbons (Fsp3) is 0.333. The molecule has 2 rings (SSSR count). The number of halogens is 1. The number of rotatable bonds is 4. The number of benzene rings is 2. The molecule has 106 valence electrons. The maximum absolute atomic E-state index is 6.19. The molecule has 2 aromatic carbocycles. The standard InChI is InChI=1S/C18H22ClN/c1-12-6-5-7-15(8-12)11-18(20-4)16-9-14(3)17(19)10-13(16)2/h5-10,18,20H,11H2,1-4H3. The number of hydrogen-bond donors (Lipinski definition) is 1. The molecule has 0 aliphatic carbocycles. The molecule has 0 aliphatic rings. The summed E-state index contributed by atoms with van der Waals surface area (Å²) < 4.78 is 0. The highest BCUT2D eigenvalue weighted by Crippen LogP contribution is 2.27. The summed E-state index contributed by atoms with van der Waals surface area (Å²) in [4.78, 5) is 0.